The number of carbonyl (C=O) groups excluding carboxylic acids is 8. The van der Waals surface area contributed by atoms with Crippen LogP contribution in [0, 0.1) is 13.8 Å². The first kappa shape index (κ1) is 102. The van der Waals surface area contributed by atoms with Crippen molar-refractivity contribution in [1.29, 1.82) is 0 Å². The molecule has 0 fully saturated rings. The highest BCUT2D eigenvalue weighted by molar-refractivity contribution is 7.90. The smallest absolute Gasteiger partial charge is 0.296 e. The SMILES string of the molecule is Cc1cc(-c2ccc(Nc3ccc(Nc4nc(Nc5cccc(S(=O)(=O)N(CCC(N)=O)CCC(N)=O)c5)nc(Nc5cccc(S(=O)(=O)N(CCC(N)=O)CCC(N)=O)c5)n4)cc3S(=O)(=O)O)c(C)c2)ccc1Nc1ccc(Nc2nc(Nc3cccc(S(=O)(=O)N(CCC(N)=O)CCC(N)=O)c3)nc(Nc3cccc(S(=O)(=O)N(CCC(N)=O)CCC(N)=O)c3)n2)cc1S(=O)(=O)O. The van der Waals surface area contributed by atoms with Crippen LogP contribution < -0.4 is 88.4 Å². The average molecular weight is 1960 g/mol. The van der Waals surface area contributed by atoms with E-state index in [0.717, 1.165) is 29.4 Å². The maximum atomic E-state index is 14.1. The van der Waals surface area contributed by atoms with Gasteiger partial charge in [-0.3, -0.25) is 47.5 Å². The predicted molar refractivity (Wildman–Crippen MR) is 491 cm³/mol. The molecule has 48 nitrogen and oxygen atoms in total. The van der Waals surface area contributed by atoms with Gasteiger partial charge in [0.05, 0.1) is 31.0 Å². The number of nitrogens with one attached hydrogen (secondary N) is 8. The highest BCUT2D eigenvalue weighted by Crippen LogP contribution is 2.38. The number of carbonyl (C=O) groups is 8. The maximum absolute atomic E-state index is 14.1. The first-order chi connectivity index (χ1) is 63.0. The van der Waals surface area contributed by atoms with Crippen molar-refractivity contribution in [3.8, 4) is 11.1 Å². The molecule has 54 heteroatoms. The molecule has 0 radical (unpaired) electrons. The van der Waals surface area contributed by atoms with Gasteiger partial charge >= 0.3 is 0 Å². The Labute approximate surface area is 768 Å². The van der Waals surface area contributed by atoms with Gasteiger partial charge in [-0.05, 0) is 170 Å². The fraction of sp³-hybridized carbons (Fsp3) is 0.225. The molecule has 0 unspecified atom stereocenters. The zero-order valence-electron chi connectivity index (χ0n) is 71.1. The third-order valence-corrected chi connectivity index (χ3v) is 28.8. The number of rotatable bonds is 51. The lowest BCUT2D eigenvalue weighted by Crippen LogP contribution is -2.36. The zero-order chi connectivity index (χ0) is 98.0. The Morgan fingerprint density at radius 3 is 0.642 bits per heavy atom. The summed E-state index contributed by atoms with van der Waals surface area (Å²) >= 11 is 0. The number of aromatic nitrogens is 6. The molecule has 10 rings (SSSR count). The van der Waals surface area contributed by atoms with Gasteiger partial charge in [-0.15, -0.1) is 0 Å². The molecule has 26 N–H and O–H groups in total. The average Bonchev–Trinajstić information content (AvgIpc) is 0.829. The minimum atomic E-state index is -5.11. The van der Waals surface area contributed by atoms with Crippen molar-refractivity contribution < 1.29 is 98.0 Å². The van der Waals surface area contributed by atoms with Crippen molar-refractivity contribution in [2.45, 2.75) is 94.6 Å². The van der Waals surface area contributed by atoms with E-state index in [1.54, 1.807) is 50.2 Å². The molecule has 0 aliphatic heterocycles. The van der Waals surface area contributed by atoms with E-state index in [2.05, 4.69) is 72.4 Å². The van der Waals surface area contributed by atoms with Crippen LogP contribution in [0.15, 0.2) is 199 Å². The minimum Gasteiger partial charge on any atom is -0.370 e. The summed E-state index contributed by atoms with van der Waals surface area (Å²) < 4.78 is 191. The summed E-state index contributed by atoms with van der Waals surface area (Å²) in [5.41, 5.74) is 45.4. The van der Waals surface area contributed by atoms with Gasteiger partial charge < -0.3 is 88.4 Å². The van der Waals surface area contributed by atoms with E-state index in [1.165, 1.54) is 121 Å². The van der Waals surface area contributed by atoms with Crippen LogP contribution in [-0.4, -0.2) is 206 Å². The zero-order valence-corrected chi connectivity index (χ0v) is 76.0. The van der Waals surface area contributed by atoms with Gasteiger partial charge in [0.1, 0.15) is 9.79 Å². The number of nitrogens with two attached hydrogens (primary N) is 8. The number of amides is 8. The van der Waals surface area contributed by atoms with E-state index < -0.39 is 221 Å². The Morgan fingerprint density at radius 1 is 0.261 bits per heavy atom. The van der Waals surface area contributed by atoms with Crippen LogP contribution in [0.4, 0.5) is 92.6 Å². The maximum Gasteiger partial charge on any atom is 0.296 e. The molecule has 2 heterocycles. The van der Waals surface area contributed by atoms with Gasteiger partial charge in [0.15, 0.2) is 0 Å². The van der Waals surface area contributed by atoms with E-state index in [4.69, 9.17) is 45.9 Å². The molecule has 0 atom stereocenters. The van der Waals surface area contributed by atoms with Crippen molar-refractivity contribution in [3.63, 3.8) is 0 Å². The summed E-state index contributed by atoms with van der Waals surface area (Å²) in [6.45, 7) is 0.102. The van der Waals surface area contributed by atoms with E-state index >= 15 is 0 Å². The molecule has 2 aromatic heterocycles. The second-order valence-corrected chi connectivity index (χ2v) is 40.0. The van der Waals surface area contributed by atoms with Crippen LogP contribution in [0.25, 0.3) is 11.1 Å². The molecule has 0 saturated heterocycles. The van der Waals surface area contributed by atoms with E-state index in [-0.39, 0.29) is 101 Å². The van der Waals surface area contributed by atoms with Crippen molar-refractivity contribution in [1.82, 2.24) is 47.1 Å². The van der Waals surface area contributed by atoms with E-state index in [1.807, 2.05) is 0 Å². The number of nitrogens with zero attached hydrogens (tertiary/aromatic N) is 10. The molecule has 0 aliphatic rings. The molecular weight excluding hydrogens is 1870 g/mol. The fourth-order valence-electron chi connectivity index (χ4n) is 12.8. The summed E-state index contributed by atoms with van der Waals surface area (Å²) in [7, 11) is -28.1. The number of hydrogen-bond acceptors (Lipinski definition) is 34. The summed E-state index contributed by atoms with van der Waals surface area (Å²) in [4.78, 5) is 118. The van der Waals surface area contributed by atoms with Gasteiger partial charge in [-0.25, -0.2) is 33.7 Å². The molecule has 0 spiro atoms. The van der Waals surface area contributed by atoms with Crippen molar-refractivity contribution >= 4 is 200 Å². The second-order valence-electron chi connectivity index (χ2n) is 29.5. The molecule has 0 saturated carbocycles. The number of aryl methyl sites for hydroxylation is 2. The Hall–Kier alpha value is -14.6. The van der Waals surface area contributed by atoms with Crippen LogP contribution in [-0.2, 0) is 98.7 Å². The number of primary amides is 8. The lowest BCUT2D eigenvalue weighted by molar-refractivity contribution is -0.119. The molecule has 0 bridgehead atoms. The van der Waals surface area contributed by atoms with Crippen molar-refractivity contribution in [3.05, 3.63) is 181 Å². The number of anilines is 16. The van der Waals surface area contributed by atoms with Crippen molar-refractivity contribution in [2.75, 3.05) is 94.9 Å². The van der Waals surface area contributed by atoms with E-state index in [0.29, 0.717) is 33.6 Å². The third-order valence-electron chi connectivity index (χ3n) is 19.4. The quantitative estimate of drug-likeness (QED) is 0.0241. The van der Waals surface area contributed by atoms with Crippen LogP contribution in [0.1, 0.15) is 62.5 Å². The first-order valence-electron chi connectivity index (χ1n) is 39.8. The second kappa shape index (κ2) is 43.6. The molecule has 8 amide bonds. The largest absolute Gasteiger partial charge is 0.370 e. The predicted octanol–water partition coefficient (Wildman–Crippen LogP) is 3.75. The summed E-state index contributed by atoms with van der Waals surface area (Å²) in [5, 5.41) is 23.3. The molecule has 10 aromatic rings. The highest BCUT2D eigenvalue weighted by Gasteiger charge is 2.32. The lowest BCUT2D eigenvalue weighted by Gasteiger charge is -2.21. The Balaban J connectivity index is 0.911. The monoisotopic (exact) mass is 1960 g/mol. The summed E-state index contributed by atoms with van der Waals surface area (Å²) in [6, 6.07) is 38.2. The Morgan fingerprint density at radius 2 is 0.455 bits per heavy atom. The highest BCUT2D eigenvalue weighted by atomic mass is 32.2. The number of sulfonamides is 4. The van der Waals surface area contributed by atoms with Gasteiger partial charge in [-0.2, -0.15) is 64.0 Å². The molecule has 8 aromatic carbocycles. The van der Waals surface area contributed by atoms with Crippen LogP contribution in [0.2, 0.25) is 0 Å². The normalized spacial score (nSPS) is 12.0. The van der Waals surface area contributed by atoms with Crippen LogP contribution >= 0.6 is 0 Å². The lowest BCUT2D eigenvalue weighted by atomic mass is 9.99. The molecule has 134 heavy (non-hydrogen) atoms. The van der Waals surface area contributed by atoms with E-state index in [9.17, 15) is 98.0 Å². The molecule has 0 aliphatic carbocycles. The molecular formula is C80H92N26O22S6. The minimum absolute atomic E-state index is 0.0254. The third kappa shape index (κ3) is 28.2. The van der Waals surface area contributed by atoms with Gasteiger partial charge in [0, 0.05) is 149 Å². The topological polar surface area (TPSA) is 777 Å². The summed E-state index contributed by atoms with van der Waals surface area (Å²) in [5.74, 6) is -8.71. The van der Waals surface area contributed by atoms with Gasteiger partial charge in [0.25, 0.3) is 20.2 Å². The summed E-state index contributed by atoms with van der Waals surface area (Å²) in [6.07, 6.45) is -3.28. The van der Waals surface area contributed by atoms with Gasteiger partial charge in [-0.1, -0.05) is 36.4 Å². The van der Waals surface area contributed by atoms with Gasteiger partial charge in [0.2, 0.25) is 123 Å². The Kier molecular flexibility index (Phi) is 33.1. The molecule has 710 valence electrons. The number of hydrogen-bond donors (Lipinski definition) is 18. The van der Waals surface area contributed by atoms with Crippen LogP contribution in [0.3, 0.4) is 0 Å². The Bertz CT molecular complexity index is 6200. The van der Waals surface area contributed by atoms with Crippen molar-refractivity contribution in [2.24, 2.45) is 45.9 Å². The fourth-order valence-corrected chi connectivity index (χ4v) is 20.1. The number of benzene rings is 8. The standard InChI is InChI=1S/C80H92N26O22S6/c1-47-39-49(15-19-61(47)95-63-21-17-55(45-65(63)133(123,124)125)93-79-99-75(89-51-7-3-11-57(41-51)129(115,116)103(31-23-67(81)107)32-24-68(82)108)97-76(100-79)90-52-8-4-12-58(42-52)130(117,118)104(33-25-69(83)109)34-26-70(84)110)50-16-20-62(48(2)40-50)96-64-22-18-56(46-66(64)134(126,127)128)94-80-101-77(91-53-9-5-13-59(43-53)131(119,120)105(35-27-71(85)111)36-28-72(86)112)98-78(102-80)92-54-10-6-14-60(44-54)132(121,122)106(37-29-73(87)113)38-30-74(88)114/h3-22,39-46,95-96H,23-38H2,1-2H3,(H2,81,107)(H2,82,108)(H2,83,109)(H2,84,110)(H2,85,111)(H2,86,112)(H2,87,113)(H2,88,114)(H,123,124,125)(H,126,127,128)(H3,89,90,93,97,99,100)(H3,91,92,94,98,101,102). The van der Waals surface area contributed by atoms with Crippen LogP contribution in [0.5, 0.6) is 0 Å². The first-order valence-corrected chi connectivity index (χ1v) is 48.4.